The van der Waals surface area contributed by atoms with E-state index in [1.54, 1.807) is 0 Å². The van der Waals surface area contributed by atoms with E-state index in [0.29, 0.717) is 25.7 Å². The Morgan fingerprint density at radius 2 is 0.929 bits per heavy atom. The largest absolute Gasteiger partial charge is 0.449 e. The van der Waals surface area contributed by atoms with Gasteiger partial charge in [-0.2, -0.15) is 0 Å². The second-order valence-corrected chi connectivity index (χ2v) is 10.5. The third-order valence-corrected chi connectivity index (χ3v) is 7.75. The van der Waals surface area contributed by atoms with Crippen molar-refractivity contribution >= 4 is 12.4 Å². The lowest BCUT2D eigenvalue weighted by Gasteiger charge is -2.41. The summed E-state index contributed by atoms with van der Waals surface area (Å²) in [6.07, 6.45) is 1.61. The van der Waals surface area contributed by atoms with Crippen LogP contribution in [0.4, 0.5) is 0 Å². The summed E-state index contributed by atoms with van der Waals surface area (Å²) in [7, 11) is 0. The molecule has 210 valence electrons. The summed E-state index contributed by atoms with van der Waals surface area (Å²) in [5.41, 5.74) is 3.51. The number of hydrogen-bond acceptors (Lipinski definition) is 3. The van der Waals surface area contributed by atoms with Gasteiger partial charge in [0.1, 0.15) is 0 Å². The first-order valence-electron chi connectivity index (χ1n) is 14.3. The predicted molar refractivity (Wildman–Crippen MR) is 167 cm³/mol. The molecule has 4 heteroatoms. The van der Waals surface area contributed by atoms with Gasteiger partial charge in [0.05, 0.1) is 6.04 Å². The van der Waals surface area contributed by atoms with E-state index in [0.717, 1.165) is 27.8 Å². The van der Waals surface area contributed by atoms with Crippen molar-refractivity contribution < 1.29 is 14.3 Å². The quantitative estimate of drug-likeness (QED) is 0.161. The highest BCUT2D eigenvalue weighted by Crippen LogP contribution is 2.38. The van der Waals surface area contributed by atoms with Crippen molar-refractivity contribution in [1.82, 2.24) is 5.32 Å². The van der Waals surface area contributed by atoms with Gasteiger partial charge < -0.3 is 10.1 Å². The van der Waals surface area contributed by atoms with Gasteiger partial charge in [0.15, 0.2) is 5.60 Å². The summed E-state index contributed by atoms with van der Waals surface area (Å²) in [5.74, 6) is -0.428. The Balaban J connectivity index is 1.59. The molecule has 0 fully saturated rings. The lowest BCUT2D eigenvalue weighted by molar-refractivity contribution is -0.146. The Morgan fingerprint density at radius 3 is 1.31 bits per heavy atom. The molecule has 5 rings (SSSR count). The summed E-state index contributed by atoms with van der Waals surface area (Å²) in [4.78, 5) is 26.7. The van der Waals surface area contributed by atoms with Gasteiger partial charge in [0, 0.05) is 17.0 Å². The summed E-state index contributed by atoms with van der Waals surface area (Å²) >= 11 is 0. The standard InChI is InChI=1S/C38H35NO3/c40-29-42-38(34-22-12-4-13-23-34,35-24-14-5-15-25-35)36(28-32-20-10-3-11-21-32)39-37(41)33(26-30-16-6-1-7-17-30)27-31-18-8-2-9-19-31/h1-25,29,33,36H,26-28H2,(H,39,41)/t36-/m0/s1. The first-order valence-corrected chi connectivity index (χ1v) is 14.3. The van der Waals surface area contributed by atoms with Crippen LogP contribution in [0.25, 0.3) is 0 Å². The van der Waals surface area contributed by atoms with Crippen LogP contribution in [-0.4, -0.2) is 18.4 Å². The van der Waals surface area contributed by atoms with E-state index in [2.05, 4.69) is 29.6 Å². The molecule has 1 N–H and O–H groups in total. The number of nitrogens with one attached hydrogen (secondary N) is 1. The van der Waals surface area contributed by atoms with Crippen LogP contribution >= 0.6 is 0 Å². The SMILES string of the molecule is O=COC(c1ccccc1)(c1ccccc1)[C@H](Cc1ccccc1)NC(=O)C(Cc1ccccc1)Cc1ccccc1. The van der Waals surface area contributed by atoms with Crippen LogP contribution in [-0.2, 0) is 39.2 Å². The molecule has 42 heavy (non-hydrogen) atoms. The van der Waals surface area contributed by atoms with Gasteiger partial charge in [0.2, 0.25) is 5.91 Å². The Hall–Kier alpha value is -4.96. The van der Waals surface area contributed by atoms with Gasteiger partial charge >= 0.3 is 0 Å². The molecule has 4 nitrogen and oxygen atoms in total. The fraction of sp³-hybridized carbons (Fsp3) is 0.158. The summed E-state index contributed by atoms with van der Waals surface area (Å²) < 4.78 is 6.16. The second kappa shape index (κ2) is 14.1. The van der Waals surface area contributed by atoms with Gasteiger partial charge in [-0.15, -0.1) is 0 Å². The predicted octanol–water partition coefficient (Wildman–Crippen LogP) is 6.93. The average Bonchev–Trinajstić information content (AvgIpc) is 3.05. The lowest BCUT2D eigenvalue weighted by atomic mass is 9.77. The molecule has 0 saturated carbocycles. The van der Waals surface area contributed by atoms with E-state index in [-0.39, 0.29) is 11.8 Å². The van der Waals surface area contributed by atoms with Crippen molar-refractivity contribution in [1.29, 1.82) is 0 Å². The minimum atomic E-state index is -1.26. The van der Waals surface area contributed by atoms with E-state index in [4.69, 9.17) is 4.74 Å². The van der Waals surface area contributed by atoms with E-state index in [9.17, 15) is 9.59 Å². The maximum atomic E-state index is 14.4. The highest BCUT2D eigenvalue weighted by Gasteiger charge is 2.46. The zero-order valence-corrected chi connectivity index (χ0v) is 23.5. The molecule has 0 aliphatic rings. The van der Waals surface area contributed by atoms with Gasteiger partial charge in [-0.25, -0.2) is 0 Å². The minimum absolute atomic E-state index is 0.0885. The Kier molecular flexibility index (Phi) is 9.58. The van der Waals surface area contributed by atoms with Crippen molar-refractivity contribution in [3.8, 4) is 0 Å². The molecule has 5 aromatic carbocycles. The van der Waals surface area contributed by atoms with E-state index in [1.807, 2.05) is 127 Å². The third-order valence-electron chi connectivity index (χ3n) is 7.75. The molecule has 0 bridgehead atoms. The number of carbonyl (C=O) groups is 2. The zero-order valence-electron chi connectivity index (χ0n) is 23.5. The Bertz CT molecular complexity index is 1440. The second-order valence-electron chi connectivity index (χ2n) is 10.5. The van der Waals surface area contributed by atoms with Gasteiger partial charge in [0.25, 0.3) is 6.47 Å². The normalized spacial score (nSPS) is 11.9. The minimum Gasteiger partial charge on any atom is -0.449 e. The van der Waals surface area contributed by atoms with Crippen LogP contribution in [0, 0.1) is 5.92 Å². The Labute approximate surface area is 248 Å². The molecule has 1 atom stereocenters. The van der Waals surface area contributed by atoms with Crippen LogP contribution in [0.1, 0.15) is 27.8 Å². The zero-order chi connectivity index (χ0) is 29.0. The molecule has 0 aromatic heterocycles. The molecule has 0 radical (unpaired) electrons. The molecule has 0 aliphatic carbocycles. The summed E-state index contributed by atoms with van der Waals surface area (Å²) in [6, 6.07) is 49.0. The van der Waals surface area contributed by atoms with E-state index >= 15 is 0 Å². The van der Waals surface area contributed by atoms with Gasteiger partial charge in [-0.05, 0) is 36.0 Å². The molecular formula is C38H35NO3. The molecule has 0 saturated heterocycles. The summed E-state index contributed by atoms with van der Waals surface area (Å²) in [5, 5.41) is 3.41. The van der Waals surface area contributed by atoms with E-state index in [1.165, 1.54) is 0 Å². The molecule has 0 aliphatic heterocycles. The van der Waals surface area contributed by atoms with Crippen LogP contribution in [0.15, 0.2) is 152 Å². The van der Waals surface area contributed by atoms with Crippen LogP contribution in [0.2, 0.25) is 0 Å². The third kappa shape index (κ3) is 6.84. The van der Waals surface area contributed by atoms with Crippen molar-refractivity contribution in [2.45, 2.75) is 30.9 Å². The number of amides is 1. The molecule has 0 spiro atoms. The van der Waals surface area contributed by atoms with Crippen molar-refractivity contribution in [3.63, 3.8) is 0 Å². The molecular weight excluding hydrogens is 518 g/mol. The molecule has 5 aromatic rings. The number of rotatable bonds is 13. The lowest BCUT2D eigenvalue weighted by Crippen LogP contribution is -2.55. The number of benzene rings is 5. The summed E-state index contributed by atoms with van der Waals surface area (Å²) in [6.45, 7) is 0.496. The monoisotopic (exact) mass is 553 g/mol. The number of hydrogen-bond donors (Lipinski definition) is 1. The highest BCUT2D eigenvalue weighted by molar-refractivity contribution is 5.80. The highest BCUT2D eigenvalue weighted by atomic mass is 16.5. The van der Waals surface area contributed by atoms with Crippen molar-refractivity contribution in [2.75, 3.05) is 0 Å². The maximum Gasteiger partial charge on any atom is 0.294 e. The van der Waals surface area contributed by atoms with Crippen LogP contribution < -0.4 is 5.32 Å². The van der Waals surface area contributed by atoms with Gasteiger partial charge in [-0.3, -0.25) is 9.59 Å². The first-order chi connectivity index (χ1) is 20.7. The first kappa shape index (κ1) is 28.6. The van der Waals surface area contributed by atoms with Crippen molar-refractivity contribution in [3.05, 3.63) is 179 Å². The molecule has 0 heterocycles. The van der Waals surface area contributed by atoms with Crippen LogP contribution in [0.5, 0.6) is 0 Å². The van der Waals surface area contributed by atoms with E-state index < -0.39 is 11.6 Å². The molecule has 0 unspecified atom stereocenters. The topological polar surface area (TPSA) is 55.4 Å². The number of ether oxygens (including phenoxy) is 1. The molecule has 1 amide bonds. The number of carbonyl (C=O) groups excluding carboxylic acids is 2. The smallest absolute Gasteiger partial charge is 0.294 e. The Morgan fingerprint density at radius 1 is 0.571 bits per heavy atom. The maximum absolute atomic E-state index is 14.4. The average molecular weight is 554 g/mol. The van der Waals surface area contributed by atoms with Crippen molar-refractivity contribution in [2.24, 2.45) is 5.92 Å². The fourth-order valence-electron chi connectivity index (χ4n) is 5.73. The van der Waals surface area contributed by atoms with Crippen LogP contribution in [0.3, 0.4) is 0 Å². The van der Waals surface area contributed by atoms with Gasteiger partial charge in [-0.1, -0.05) is 152 Å². The fourth-order valence-corrected chi connectivity index (χ4v) is 5.73.